The fourth-order valence-electron chi connectivity index (χ4n) is 4.08. The second-order valence-electron chi connectivity index (χ2n) is 9.26. The van der Waals surface area contributed by atoms with Crippen molar-refractivity contribution in [2.24, 2.45) is 0 Å². The Morgan fingerprint density at radius 2 is 0.611 bits per heavy atom. The van der Waals surface area contributed by atoms with Crippen molar-refractivity contribution in [3.8, 4) is 0 Å². The first-order valence-corrected chi connectivity index (χ1v) is 11.7. The highest BCUT2D eigenvalue weighted by atomic mass is 16.6. The SMILES string of the molecule is O=c1n(CCn2c(=O)n(CC3CO3)c(=O)n(CC3CO3)c2=O)c(=O)n(CC2CO2)c(=O)n1CC1CO1. The molecule has 6 rings (SSSR count). The molecular weight excluding hydrogens is 484 g/mol. The molecule has 36 heavy (non-hydrogen) atoms. The fraction of sp³-hybridized carbons (Fsp3) is 0.700. The number of nitrogens with zero attached hydrogens (tertiary/aromatic N) is 6. The van der Waals surface area contributed by atoms with E-state index in [1.165, 1.54) is 0 Å². The predicted molar refractivity (Wildman–Crippen MR) is 117 cm³/mol. The average Bonchev–Trinajstić information content (AvgIpc) is 3.70. The first-order valence-electron chi connectivity index (χ1n) is 11.7. The molecule has 4 atom stereocenters. The van der Waals surface area contributed by atoms with Crippen molar-refractivity contribution >= 4 is 0 Å². The maximum Gasteiger partial charge on any atom is 0.336 e. The van der Waals surface area contributed by atoms with Crippen LogP contribution in [0, 0.1) is 0 Å². The Morgan fingerprint density at radius 1 is 0.417 bits per heavy atom. The van der Waals surface area contributed by atoms with E-state index in [4.69, 9.17) is 18.9 Å². The lowest BCUT2D eigenvalue weighted by Gasteiger charge is -2.15. The Morgan fingerprint density at radius 3 is 0.806 bits per heavy atom. The molecule has 4 aliphatic heterocycles. The normalized spacial score (nSPS) is 25.7. The molecule has 194 valence electrons. The van der Waals surface area contributed by atoms with Crippen LogP contribution in [0.25, 0.3) is 0 Å². The van der Waals surface area contributed by atoms with Gasteiger partial charge in [-0.1, -0.05) is 0 Å². The Labute approximate surface area is 200 Å². The maximum absolute atomic E-state index is 13.1. The Balaban J connectivity index is 1.39. The summed E-state index contributed by atoms with van der Waals surface area (Å²) in [5.41, 5.74) is -5.01. The monoisotopic (exact) mass is 508 g/mol. The molecule has 16 heteroatoms. The zero-order valence-corrected chi connectivity index (χ0v) is 19.1. The molecule has 0 amide bonds. The van der Waals surface area contributed by atoms with Gasteiger partial charge < -0.3 is 18.9 Å². The highest BCUT2D eigenvalue weighted by molar-refractivity contribution is 4.87. The summed E-state index contributed by atoms with van der Waals surface area (Å²) in [6, 6.07) is 0. The average molecular weight is 508 g/mol. The van der Waals surface area contributed by atoms with Gasteiger partial charge >= 0.3 is 34.1 Å². The third-order valence-electron chi connectivity index (χ3n) is 6.47. The van der Waals surface area contributed by atoms with Gasteiger partial charge in [0.1, 0.15) is 0 Å². The number of aromatic nitrogens is 6. The van der Waals surface area contributed by atoms with Gasteiger partial charge in [0.05, 0.1) is 90.1 Å². The van der Waals surface area contributed by atoms with Crippen molar-refractivity contribution in [2.45, 2.75) is 63.7 Å². The molecule has 0 aliphatic carbocycles. The number of hydrogen-bond acceptors (Lipinski definition) is 10. The smallest absolute Gasteiger partial charge is 0.336 e. The van der Waals surface area contributed by atoms with Crippen molar-refractivity contribution in [1.82, 2.24) is 27.4 Å². The van der Waals surface area contributed by atoms with E-state index in [-0.39, 0.29) is 63.7 Å². The summed E-state index contributed by atoms with van der Waals surface area (Å²) in [6.07, 6.45) is -1.22. The maximum atomic E-state index is 13.1. The summed E-state index contributed by atoms with van der Waals surface area (Å²) in [5, 5.41) is 0. The Hall–Kier alpha value is -3.34. The second kappa shape index (κ2) is 8.65. The van der Waals surface area contributed by atoms with E-state index in [0.717, 1.165) is 27.4 Å². The molecule has 6 heterocycles. The summed E-state index contributed by atoms with van der Waals surface area (Å²) in [5.74, 6) is 0. The molecule has 0 bridgehead atoms. The molecule has 4 aliphatic rings. The molecule has 0 radical (unpaired) electrons. The van der Waals surface area contributed by atoms with Gasteiger partial charge in [0, 0.05) is 0 Å². The minimum atomic E-state index is -0.868. The molecule has 16 nitrogen and oxygen atoms in total. The van der Waals surface area contributed by atoms with Gasteiger partial charge in [-0.15, -0.1) is 0 Å². The summed E-state index contributed by atoms with van der Waals surface area (Å²) < 4.78 is 25.8. The van der Waals surface area contributed by atoms with Gasteiger partial charge in [0.2, 0.25) is 0 Å². The van der Waals surface area contributed by atoms with Crippen molar-refractivity contribution in [3.05, 3.63) is 62.9 Å². The van der Waals surface area contributed by atoms with Crippen LogP contribution < -0.4 is 34.1 Å². The largest absolute Gasteiger partial charge is 0.371 e. The van der Waals surface area contributed by atoms with E-state index in [0.29, 0.717) is 26.4 Å². The second-order valence-corrected chi connectivity index (χ2v) is 9.26. The lowest BCUT2D eigenvalue weighted by atomic mass is 10.4. The van der Waals surface area contributed by atoms with Gasteiger partial charge in [-0.05, 0) is 0 Å². The molecular formula is C20H24N6O10. The predicted octanol–water partition coefficient (Wildman–Crippen LogP) is -5.05. The van der Waals surface area contributed by atoms with Crippen molar-refractivity contribution in [3.63, 3.8) is 0 Å². The van der Waals surface area contributed by atoms with Crippen LogP contribution in [-0.4, -0.2) is 78.2 Å². The van der Waals surface area contributed by atoms with Crippen LogP contribution in [0.1, 0.15) is 0 Å². The van der Waals surface area contributed by atoms with Gasteiger partial charge in [0.15, 0.2) is 0 Å². The molecule has 0 aromatic carbocycles. The summed E-state index contributed by atoms with van der Waals surface area (Å²) in [6.45, 7) is 0.725. The first kappa shape index (κ1) is 23.1. The van der Waals surface area contributed by atoms with Crippen molar-refractivity contribution < 1.29 is 18.9 Å². The Bertz CT molecular complexity index is 1340. The zero-order valence-electron chi connectivity index (χ0n) is 19.1. The van der Waals surface area contributed by atoms with E-state index < -0.39 is 34.1 Å². The van der Waals surface area contributed by atoms with Crippen molar-refractivity contribution in [1.29, 1.82) is 0 Å². The molecule has 2 aromatic rings. The Kier molecular flexibility index (Phi) is 5.55. The summed E-state index contributed by atoms with van der Waals surface area (Å²) >= 11 is 0. The van der Waals surface area contributed by atoms with E-state index in [1.54, 1.807) is 0 Å². The highest BCUT2D eigenvalue weighted by Gasteiger charge is 2.31. The lowest BCUT2D eigenvalue weighted by molar-refractivity contribution is 0.327. The van der Waals surface area contributed by atoms with Crippen LogP contribution in [0.5, 0.6) is 0 Å². The topological polar surface area (TPSA) is 182 Å². The zero-order chi connectivity index (χ0) is 25.1. The van der Waals surface area contributed by atoms with Gasteiger partial charge in [-0.3, -0.25) is 0 Å². The number of hydrogen-bond donors (Lipinski definition) is 0. The summed E-state index contributed by atoms with van der Waals surface area (Å²) in [4.78, 5) is 78.0. The number of ether oxygens (including phenoxy) is 4. The van der Waals surface area contributed by atoms with Gasteiger partial charge in [0.25, 0.3) is 0 Å². The highest BCUT2D eigenvalue weighted by Crippen LogP contribution is 2.12. The van der Waals surface area contributed by atoms with E-state index in [9.17, 15) is 28.8 Å². The first-order chi connectivity index (χ1) is 17.3. The molecule has 4 unspecified atom stereocenters. The molecule has 0 spiro atoms. The lowest BCUT2D eigenvalue weighted by Crippen LogP contribution is -2.58. The quantitative estimate of drug-likeness (QED) is 0.266. The van der Waals surface area contributed by atoms with E-state index in [2.05, 4.69) is 0 Å². The third-order valence-corrected chi connectivity index (χ3v) is 6.47. The van der Waals surface area contributed by atoms with Crippen LogP contribution in [0.2, 0.25) is 0 Å². The van der Waals surface area contributed by atoms with Crippen LogP contribution in [0.3, 0.4) is 0 Å². The molecule has 0 saturated carbocycles. The molecule has 0 N–H and O–H groups in total. The third kappa shape index (κ3) is 4.47. The van der Waals surface area contributed by atoms with Gasteiger partial charge in [-0.25, -0.2) is 56.2 Å². The molecule has 4 fully saturated rings. The molecule has 2 aromatic heterocycles. The van der Waals surface area contributed by atoms with E-state index >= 15 is 0 Å². The van der Waals surface area contributed by atoms with Gasteiger partial charge in [-0.2, -0.15) is 0 Å². The number of rotatable bonds is 11. The standard InChI is InChI=1S/C20H24N6O10/c27-15-21(16(28)24(4-12-8-34-12)19(31)23(15)3-11-7-33-11)1-2-22-17(29)25(5-13-9-35-13)20(32)26(18(22)30)6-14-10-36-14/h11-14H,1-10H2. The fourth-order valence-corrected chi connectivity index (χ4v) is 4.08. The van der Waals surface area contributed by atoms with Crippen molar-refractivity contribution in [2.75, 3.05) is 26.4 Å². The minimum Gasteiger partial charge on any atom is -0.371 e. The van der Waals surface area contributed by atoms with Crippen LogP contribution in [-0.2, 0) is 58.2 Å². The number of epoxide rings is 4. The summed E-state index contributed by atoms with van der Waals surface area (Å²) in [7, 11) is 0. The van der Waals surface area contributed by atoms with Crippen LogP contribution in [0.15, 0.2) is 28.8 Å². The van der Waals surface area contributed by atoms with Crippen LogP contribution in [0.4, 0.5) is 0 Å². The van der Waals surface area contributed by atoms with E-state index in [1.807, 2.05) is 0 Å². The minimum absolute atomic E-state index is 0.0239. The van der Waals surface area contributed by atoms with Crippen LogP contribution >= 0.6 is 0 Å². The molecule has 4 saturated heterocycles.